The van der Waals surface area contributed by atoms with Gasteiger partial charge in [0.2, 0.25) is 11.8 Å². The van der Waals surface area contributed by atoms with Crippen molar-refractivity contribution in [3.05, 3.63) is 36.0 Å². The molecule has 7 heteroatoms. The molecular formula is C18H22N4O3. The zero-order valence-corrected chi connectivity index (χ0v) is 13.9. The van der Waals surface area contributed by atoms with Gasteiger partial charge in [0, 0.05) is 36.6 Å². The summed E-state index contributed by atoms with van der Waals surface area (Å²) in [5.41, 5.74) is 1.45. The van der Waals surface area contributed by atoms with E-state index in [1.165, 1.54) is 0 Å². The van der Waals surface area contributed by atoms with Crippen LogP contribution < -0.4 is 16.0 Å². The van der Waals surface area contributed by atoms with Crippen LogP contribution in [0.15, 0.2) is 30.5 Å². The van der Waals surface area contributed by atoms with E-state index in [-0.39, 0.29) is 30.7 Å². The minimum atomic E-state index is -0.473. The highest BCUT2D eigenvalue weighted by molar-refractivity contribution is 6.06. The summed E-state index contributed by atoms with van der Waals surface area (Å²) < 4.78 is 0. The summed E-state index contributed by atoms with van der Waals surface area (Å²) in [6, 6.07) is 7.07. The normalized spacial score (nSPS) is 17.6. The number of amides is 3. The van der Waals surface area contributed by atoms with Crippen molar-refractivity contribution in [3.63, 3.8) is 0 Å². The first-order valence-corrected chi connectivity index (χ1v) is 8.56. The van der Waals surface area contributed by atoms with E-state index in [1.807, 2.05) is 24.3 Å². The summed E-state index contributed by atoms with van der Waals surface area (Å²) in [5, 5.41) is 9.12. The summed E-state index contributed by atoms with van der Waals surface area (Å²) in [6.45, 7) is 0.879. The van der Waals surface area contributed by atoms with Gasteiger partial charge < -0.3 is 20.9 Å². The Morgan fingerprint density at radius 2 is 2.04 bits per heavy atom. The molecule has 25 heavy (non-hydrogen) atoms. The molecular weight excluding hydrogens is 320 g/mol. The Labute approximate surface area is 145 Å². The van der Waals surface area contributed by atoms with Crippen LogP contribution in [-0.2, 0) is 9.59 Å². The average Bonchev–Trinajstić information content (AvgIpc) is 2.94. The lowest BCUT2D eigenvalue weighted by atomic mass is 10.1. The fraction of sp³-hybridized carbons (Fsp3) is 0.389. The van der Waals surface area contributed by atoms with Crippen LogP contribution in [-0.4, -0.2) is 41.8 Å². The molecule has 1 fully saturated rings. The number of rotatable bonds is 5. The smallest absolute Gasteiger partial charge is 0.253 e. The maximum atomic E-state index is 12.3. The molecule has 1 aromatic carbocycles. The quantitative estimate of drug-likeness (QED) is 0.653. The predicted octanol–water partition coefficient (Wildman–Crippen LogP) is 1.07. The Morgan fingerprint density at radius 3 is 2.92 bits per heavy atom. The van der Waals surface area contributed by atoms with Crippen molar-refractivity contribution in [2.24, 2.45) is 0 Å². The molecule has 0 bridgehead atoms. The molecule has 0 aliphatic carbocycles. The third kappa shape index (κ3) is 4.17. The lowest BCUT2D eigenvalue weighted by Crippen LogP contribution is -2.46. The molecule has 2 heterocycles. The number of carbonyl (C=O) groups excluding carboxylic acids is 3. The molecule has 3 amide bonds. The van der Waals surface area contributed by atoms with Crippen molar-refractivity contribution < 1.29 is 14.4 Å². The molecule has 1 aromatic heterocycles. The van der Waals surface area contributed by atoms with E-state index in [1.54, 1.807) is 6.20 Å². The second kappa shape index (κ2) is 7.83. The third-order valence-electron chi connectivity index (χ3n) is 4.34. The van der Waals surface area contributed by atoms with Crippen LogP contribution in [0.5, 0.6) is 0 Å². The van der Waals surface area contributed by atoms with Gasteiger partial charge in [0.05, 0.1) is 5.56 Å². The highest BCUT2D eigenvalue weighted by Gasteiger charge is 2.22. The fourth-order valence-electron chi connectivity index (χ4n) is 2.99. The van der Waals surface area contributed by atoms with Crippen LogP contribution in [0.2, 0.25) is 0 Å². The van der Waals surface area contributed by atoms with Crippen molar-refractivity contribution in [3.8, 4) is 0 Å². The summed E-state index contributed by atoms with van der Waals surface area (Å²) >= 11 is 0. The van der Waals surface area contributed by atoms with E-state index in [0.717, 1.165) is 23.7 Å². The van der Waals surface area contributed by atoms with Crippen LogP contribution in [0.3, 0.4) is 0 Å². The van der Waals surface area contributed by atoms with Crippen LogP contribution in [0, 0.1) is 0 Å². The number of fused-ring (bicyclic) bond motifs is 1. The first-order valence-electron chi connectivity index (χ1n) is 8.56. The largest absolute Gasteiger partial charge is 0.360 e. The lowest BCUT2D eigenvalue weighted by Gasteiger charge is -2.15. The second-order valence-corrected chi connectivity index (χ2v) is 6.16. The van der Waals surface area contributed by atoms with Gasteiger partial charge in [-0.3, -0.25) is 14.4 Å². The minimum Gasteiger partial charge on any atom is -0.360 e. The maximum absolute atomic E-state index is 12.3. The molecule has 0 spiro atoms. The van der Waals surface area contributed by atoms with Gasteiger partial charge in [-0.1, -0.05) is 18.2 Å². The Balaban J connectivity index is 1.48. The lowest BCUT2D eigenvalue weighted by molar-refractivity contribution is -0.128. The monoisotopic (exact) mass is 342 g/mol. The van der Waals surface area contributed by atoms with Crippen LogP contribution >= 0.6 is 0 Å². The van der Waals surface area contributed by atoms with E-state index in [9.17, 15) is 14.4 Å². The molecule has 1 aliphatic rings. The molecule has 1 saturated heterocycles. The Bertz CT molecular complexity index is 783. The van der Waals surface area contributed by atoms with Crippen molar-refractivity contribution in [1.82, 2.24) is 20.9 Å². The number of aromatic nitrogens is 1. The van der Waals surface area contributed by atoms with Crippen LogP contribution in [0.4, 0.5) is 0 Å². The summed E-state index contributed by atoms with van der Waals surface area (Å²) in [5.74, 6) is -0.590. The number of aromatic amines is 1. The Kier molecular flexibility index (Phi) is 5.33. The van der Waals surface area contributed by atoms with Gasteiger partial charge in [-0.2, -0.15) is 0 Å². The number of H-pyrrole nitrogens is 1. The molecule has 132 valence electrons. The molecule has 2 aromatic rings. The van der Waals surface area contributed by atoms with E-state index >= 15 is 0 Å². The molecule has 0 saturated carbocycles. The summed E-state index contributed by atoms with van der Waals surface area (Å²) in [6.07, 6.45) is 4.28. The van der Waals surface area contributed by atoms with Crippen molar-refractivity contribution in [1.29, 1.82) is 0 Å². The Hall–Kier alpha value is -2.83. The molecule has 0 unspecified atom stereocenters. The second-order valence-electron chi connectivity index (χ2n) is 6.16. The first kappa shape index (κ1) is 17.0. The van der Waals surface area contributed by atoms with Gasteiger partial charge in [0.1, 0.15) is 6.04 Å². The molecule has 3 rings (SSSR count). The molecule has 1 aliphatic heterocycles. The molecule has 7 nitrogen and oxygen atoms in total. The predicted molar refractivity (Wildman–Crippen MR) is 94.0 cm³/mol. The average molecular weight is 342 g/mol. The zero-order chi connectivity index (χ0) is 17.6. The first-order chi connectivity index (χ1) is 12.1. The van der Waals surface area contributed by atoms with Gasteiger partial charge in [0.15, 0.2) is 0 Å². The van der Waals surface area contributed by atoms with Gasteiger partial charge in [-0.15, -0.1) is 0 Å². The van der Waals surface area contributed by atoms with Gasteiger partial charge in [-0.05, 0) is 25.3 Å². The van der Waals surface area contributed by atoms with Crippen LogP contribution in [0.1, 0.15) is 36.0 Å². The number of hydrogen-bond donors (Lipinski definition) is 4. The van der Waals surface area contributed by atoms with E-state index in [0.29, 0.717) is 18.5 Å². The van der Waals surface area contributed by atoms with E-state index in [4.69, 9.17) is 0 Å². The molecule has 0 radical (unpaired) electrons. The van der Waals surface area contributed by atoms with E-state index in [2.05, 4.69) is 20.9 Å². The SMILES string of the molecule is O=C(CCNC(=O)c1c[nH]c2ccccc12)N[C@H]1CCCCNC1=O. The number of para-hydroxylation sites is 1. The number of hydrogen-bond acceptors (Lipinski definition) is 3. The van der Waals surface area contributed by atoms with Gasteiger partial charge >= 0.3 is 0 Å². The highest BCUT2D eigenvalue weighted by Crippen LogP contribution is 2.17. The number of carbonyl (C=O) groups is 3. The number of nitrogens with one attached hydrogen (secondary N) is 4. The topological polar surface area (TPSA) is 103 Å². The van der Waals surface area contributed by atoms with Crippen molar-refractivity contribution in [2.75, 3.05) is 13.1 Å². The standard InChI is InChI=1S/C18H22N4O3/c23-16(22-15-7-3-4-9-19-18(15)25)8-10-20-17(24)13-11-21-14-6-2-1-5-12(13)14/h1-2,5-6,11,15,21H,3-4,7-10H2,(H,19,25)(H,20,24)(H,22,23)/t15-/m0/s1. The summed E-state index contributed by atoms with van der Waals surface area (Å²) in [7, 11) is 0. The fourth-order valence-corrected chi connectivity index (χ4v) is 2.99. The molecule has 1 atom stereocenters. The number of benzene rings is 1. The van der Waals surface area contributed by atoms with Crippen molar-refractivity contribution >= 4 is 28.6 Å². The zero-order valence-electron chi connectivity index (χ0n) is 13.9. The highest BCUT2D eigenvalue weighted by atomic mass is 16.2. The Morgan fingerprint density at radius 1 is 1.20 bits per heavy atom. The van der Waals surface area contributed by atoms with E-state index < -0.39 is 6.04 Å². The summed E-state index contributed by atoms with van der Waals surface area (Å²) in [4.78, 5) is 39.1. The maximum Gasteiger partial charge on any atom is 0.253 e. The minimum absolute atomic E-state index is 0.131. The van der Waals surface area contributed by atoms with Gasteiger partial charge in [0.25, 0.3) is 5.91 Å². The van der Waals surface area contributed by atoms with Crippen LogP contribution in [0.25, 0.3) is 10.9 Å². The third-order valence-corrected chi connectivity index (χ3v) is 4.34. The molecule has 4 N–H and O–H groups in total. The van der Waals surface area contributed by atoms with Crippen molar-refractivity contribution in [2.45, 2.75) is 31.7 Å². The van der Waals surface area contributed by atoms with Gasteiger partial charge in [-0.25, -0.2) is 0 Å².